The van der Waals surface area contributed by atoms with Gasteiger partial charge >= 0.3 is 0 Å². The molecule has 0 bridgehead atoms. The minimum atomic E-state index is -0.669. The standard InChI is InChI=1S/C14H17Cl2NO4/c1-20-12-7-21-6-9(13(12)18)5-17-14(19)8-2-3-10(15)11(16)4-8/h2-4,9,12-13,18H,5-7H2,1H3,(H,17,19)/t9-,12-,13+/m1/s1. The highest BCUT2D eigenvalue weighted by molar-refractivity contribution is 6.42. The molecule has 1 saturated heterocycles. The maximum Gasteiger partial charge on any atom is 0.251 e. The van der Waals surface area contributed by atoms with E-state index in [9.17, 15) is 9.90 Å². The molecule has 0 unspecified atom stereocenters. The SMILES string of the molecule is CO[C@@H]1COC[C@@H](CNC(=O)c2ccc(Cl)c(Cl)c2)[C@@H]1O. The van der Waals surface area contributed by atoms with Crippen LogP contribution < -0.4 is 5.32 Å². The van der Waals surface area contributed by atoms with Crippen LogP contribution in [-0.4, -0.2) is 50.1 Å². The van der Waals surface area contributed by atoms with Gasteiger partial charge in [0.1, 0.15) is 6.10 Å². The molecule has 0 aliphatic carbocycles. The van der Waals surface area contributed by atoms with Gasteiger partial charge in [-0.2, -0.15) is 0 Å². The van der Waals surface area contributed by atoms with E-state index in [-0.39, 0.29) is 17.9 Å². The van der Waals surface area contributed by atoms with Crippen molar-refractivity contribution in [3.63, 3.8) is 0 Å². The van der Waals surface area contributed by atoms with Crippen LogP contribution in [-0.2, 0) is 9.47 Å². The number of carbonyl (C=O) groups is 1. The molecule has 1 aliphatic heterocycles. The molecule has 2 N–H and O–H groups in total. The fourth-order valence-corrected chi connectivity index (χ4v) is 2.48. The van der Waals surface area contributed by atoms with Crippen molar-refractivity contribution in [3.8, 4) is 0 Å². The third kappa shape index (κ3) is 4.08. The summed E-state index contributed by atoms with van der Waals surface area (Å²) in [6.07, 6.45) is -1.04. The summed E-state index contributed by atoms with van der Waals surface area (Å²) in [5.41, 5.74) is 0.416. The van der Waals surface area contributed by atoms with Crippen molar-refractivity contribution in [2.45, 2.75) is 12.2 Å². The third-order valence-electron chi connectivity index (χ3n) is 3.49. The van der Waals surface area contributed by atoms with Crippen molar-refractivity contribution in [1.29, 1.82) is 0 Å². The van der Waals surface area contributed by atoms with Crippen LogP contribution in [0.5, 0.6) is 0 Å². The van der Waals surface area contributed by atoms with E-state index in [4.69, 9.17) is 32.7 Å². The maximum absolute atomic E-state index is 12.0. The molecular formula is C14H17Cl2NO4. The van der Waals surface area contributed by atoms with E-state index in [2.05, 4.69) is 5.32 Å². The Morgan fingerprint density at radius 2 is 2.19 bits per heavy atom. The van der Waals surface area contributed by atoms with Crippen LogP contribution in [0.3, 0.4) is 0 Å². The quantitative estimate of drug-likeness (QED) is 0.880. The van der Waals surface area contributed by atoms with E-state index in [1.165, 1.54) is 13.2 Å². The molecule has 1 aromatic carbocycles. The third-order valence-corrected chi connectivity index (χ3v) is 4.23. The van der Waals surface area contributed by atoms with Crippen LogP contribution in [0.2, 0.25) is 10.0 Å². The molecule has 21 heavy (non-hydrogen) atoms. The lowest BCUT2D eigenvalue weighted by Crippen LogP contribution is -2.49. The van der Waals surface area contributed by atoms with Crippen LogP contribution in [0.4, 0.5) is 0 Å². The summed E-state index contributed by atoms with van der Waals surface area (Å²) >= 11 is 11.7. The minimum absolute atomic E-state index is 0.213. The summed E-state index contributed by atoms with van der Waals surface area (Å²) in [6.45, 7) is 1.03. The molecule has 3 atom stereocenters. The summed E-state index contributed by atoms with van der Waals surface area (Å²) in [7, 11) is 1.52. The van der Waals surface area contributed by atoms with E-state index in [1.54, 1.807) is 12.1 Å². The van der Waals surface area contributed by atoms with Gasteiger partial charge in [-0.1, -0.05) is 23.2 Å². The lowest BCUT2D eigenvalue weighted by atomic mass is 9.96. The first-order chi connectivity index (χ1) is 10.0. The van der Waals surface area contributed by atoms with Gasteiger partial charge < -0.3 is 19.9 Å². The first-order valence-corrected chi connectivity index (χ1v) is 7.30. The number of carbonyl (C=O) groups excluding carboxylic acids is 1. The summed E-state index contributed by atoms with van der Waals surface area (Å²) in [4.78, 5) is 12.0. The van der Waals surface area contributed by atoms with E-state index in [0.29, 0.717) is 35.4 Å². The van der Waals surface area contributed by atoms with Crippen molar-refractivity contribution in [2.24, 2.45) is 5.92 Å². The molecule has 0 radical (unpaired) electrons. The van der Waals surface area contributed by atoms with Crippen molar-refractivity contribution < 1.29 is 19.4 Å². The fraction of sp³-hybridized carbons (Fsp3) is 0.500. The summed E-state index contributed by atoms with van der Waals surface area (Å²) in [5, 5.41) is 13.6. The molecular weight excluding hydrogens is 317 g/mol. The number of hydrogen-bond donors (Lipinski definition) is 2. The molecule has 0 aromatic heterocycles. The van der Waals surface area contributed by atoms with E-state index >= 15 is 0 Å². The number of benzene rings is 1. The molecule has 1 aliphatic rings. The zero-order chi connectivity index (χ0) is 15.4. The van der Waals surface area contributed by atoms with Crippen LogP contribution in [0, 0.1) is 5.92 Å². The fourth-order valence-electron chi connectivity index (χ4n) is 2.19. The van der Waals surface area contributed by atoms with Gasteiger partial charge in [0.25, 0.3) is 5.91 Å². The Bertz CT molecular complexity index is 512. The first-order valence-electron chi connectivity index (χ1n) is 6.54. The van der Waals surface area contributed by atoms with E-state index in [0.717, 1.165) is 0 Å². The molecule has 116 valence electrons. The molecule has 0 spiro atoms. The molecule has 7 heteroatoms. The average molecular weight is 334 g/mol. The van der Waals surface area contributed by atoms with Crippen LogP contribution in [0.25, 0.3) is 0 Å². The topological polar surface area (TPSA) is 67.8 Å². The van der Waals surface area contributed by atoms with Gasteiger partial charge in [-0.25, -0.2) is 0 Å². The van der Waals surface area contributed by atoms with E-state index < -0.39 is 6.10 Å². The predicted molar refractivity (Wildman–Crippen MR) is 79.9 cm³/mol. The number of aliphatic hydroxyl groups is 1. The van der Waals surface area contributed by atoms with Crippen molar-refractivity contribution in [3.05, 3.63) is 33.8 Å². The van der Waals surface area contributed by atoms with Gasteiger partial charge in [0.15, 0.2) is 0 Å². The van der Waals surface area contributed by atoms with Crippen LogP contribution in [0.1, 0.15) is 10.4 Å². The molecule has 5 nitrogen and oxygen atoms in total. The van der Waals surface area contributed by atoms with Crippen molar-refractivity contribution >= 4 is 29.1 Å². The molecule has 1 heterocycles. The Balaban J connectivity index is 1.92. The molecule has 1 fully saturated rings. The number of rotatable bonds is 4. The Morgan fingerprint density at radius 1 is 1.43 bits per heavy atom. The van der Waals surface area contributed by atoms with Gasteiger partial charge in [0.2, 0.25) is 0 Å². The van der Waals surface area contributed by atoms with Crippen molar-refractivity contribution in [1.82, 2.24) is 5.32 Å². The number of aliphatic hydroxyl groups excluding tert-OH is 1. The summed E-state index contributed by atoms with van der Waals surface area (Å²) in [5.74, 6) is -0.490. The number of amides is 1. The average Bonchev–Trinajstić information content (AvgIpc) is 2.48. The highest BCUT2D eigenvalue weighted by Crippen LogP contribution is 2.22. The normalized spacial score (nSPS) is 25.6. The summed E-state index contributed by atoms with van der Waals surface area (Å²) < 4.78 is 10.5. The number of halogens is 2. The number of nitrogens with one attached hydrogen (secondary N) is 1. The predicted octanol–water partition coefficient (Wildman–Crippen LogP) is 1.75. The monoisotopic (exact) mass is 333 g/mol. The van der Waals surface area contributed by atoms with Crippen molar-refractivity contribution in [2.75, 3.05) is 26.9 Å². The first kappa shape index (κ1) is 16.5. The molecule has 1 amide bonds. The minimum Gasteiger partial charge on any atom is -0.390 e. The van der Waals surface area contributed by atoms with Gasteiger partial charge in [-0.3, -0.25) is 4.79 Å². The van der Waals surface area contributed by atoms with Crippen LogP contribution >= 0.6 is 23.2 Å². The van der Waals surface area contributed by atoms with Gasteiger partial charge in [-0.15, -0.1) is 0 Å². The number of methoxy groups -OCH3 is 1. The van der Waals surface area contributed by atoms with E-state index in [1.807, 2.05) is 0 Å². The molecule has 1 aromatic rings. The zero-order valence-electron chi connectivity index (χ0n) is 11.5. The Kier molecular flexibility index (Phi) is 5.84. The maximum atomic E-state index is 12.0. The lowest BCUT2D eigenvalue weighted by Gasteiger charge is -2.33. The number of ether oxygens (including phenoxy) is 2. The van der Waals surface area contributed by atoms with Gasteiger partial charge in [-0.05, 0) is 18.2 Å². The second-order valence-corrected chi connectivity index (χ2v) is 5.72. The lowest BCUT2D eigenvalue weighted by molar-refractivity contribution is -0.132. The number of hydrogen-bond acceptors (Lipinski definition) is 4. The van der Waals surface area contributed by atoms with Crippen LogP contribution in [0.15, 0.2) is 18.2 Å². The zero-order valence-corrected chi connectivity index (χ0v) is 13.0. The second kappa shape index (κ2) is 7.42. The Labute approximate surface area is 133 Å². The smallest absolute Gasteiger partial charge is 0.251 e. The molecule has 0 saturated carbocycles. The highest BCUT2D eigenvalue weighted by atomic mass is 35.5. The second-order valence-electron chi connectivity index (χ2n) is 4.90. The Morgan fingerprint density at radius 3 is 2.86 bits per heavy atom. The molecule has 2 rings (SSSR count). The van der Waals surface area contributed by atoms with Gasteiger partial charge in [0, 0.05) is 25.1 Å². The highest BCUT2D eigenvalue weighted by Gasteiger charge is 2.32. The Hall–Kier alpha value is -0.850. The largest absolute Gasteiger partial charge is 0.390 e. The van der Waals surface area contributed by atoms with Gasteiger partial charge in [0.05, 0.1) is 29.4 Å². The summed E-state index contributed by atoms with van der Waals surface area (Å²) in [6, 6.07) is 4.67.